The molecule has 0 saturated heterocycles. The average molecular weight is 355 g/mol. The first-order valence-electron chi connectivity index (χ1n) is 6.61. The van der Waals surface area contributed by atoms with Crippen LogP contribution in [-0.4, -0.2) is 18.2 Å². The largest absolute Gasteiger partial charge is 0.421 e. The van der Waals surface area contributed by atoms with E-state index < -0.39 is 18.2 Å². The predicted octanol–water partition coefficient (Wildman–Crippen LogP) is 3.94. The molecule has 0 saturated carbocycles. The second-order valence-corrected chi connectivity index (χ2v) is 5.82. The van der Waals surface area contributed by atoms with Crippen LogP contribution in [0.4, 0.5) is 0 Å². The molecule has 0 fully saturated rings. The Balaban J connectivity index is 3.13. The number of hydrogen-bond acceptors (Lipinski definition) is 4. The molecule has 0 unspecified atom stereocenters. The summed E-state index contributed by atoms with van der Waals surface area (Å²) < 4.78 is 11.2. The topological polar surface area (TPSA) is 52.6 Å². The number of esters is 2. The predicted molar refractivity (Wildman–Crippen MR) is 84.3 cm³/mol. The monoisotopic (exact) mass is 354 g/mol. The van der Waals surface area contributed by atoms with Crippen LogP contribution >= 0.6 is 15.9 Å². The summed E-state index contributed by atoms with van der Waals surface area (Å²) in [6, 6.07) is 7.67. The van der Waals surface area contributed by atoms with E-state index in [-0.39, 0.29) is 5.92 Å². The van der Waals surface area contributed by atoms with Gasteiger partial charge in [-0.1, -0.05) is 41.9 Å². The molecule has 0 radical (unpaired) electrons. The summed E-state index contributed by atoms with van der Waals surface area (Å²) in [4.78, 5) is 22.4. The quantitative estimate of drug-likeness (QED) is 0.593. The van der Waals surface area contributed by atoms with E-state index in [0.29, 0.717) is 0 Å². The lowest BCUT2D eigenvalue weighted by Gasteiger charge is -2.22. The summed E-state index contributed by atoms with van der Waals surface area (Å²) in [5, 5.41) is 0. The van der Waals surface area contributed by atoms with E-state index in [1.165, 1.54) is 13.8 Å². The minimum Gasteiger partial charge on any atom is -0.421 e. The number of carbonyl (C=O) groups is 2. The Morgan fingerprint density at radius 1 is 1.05 bits per heavy atom. The van der Waals surface area contributed by atoms with Crippen molar-refractivity contribution < 1.29 is 19.1 Å². The van der Waals surface area contributed by atoms with Gasteiger partial charge in [0.15, 0.2) is 0 Å². The highest BCUT2D eigenvalue weighted by atomic mass is 79.9. The van der Waals surface area contributed by atoms with E-state index in [9.17, 15) is 9.59 Å². The van der Waals surface area contributed by atoms with Crippen molar-refractivity contribution in [1.29, 1.82) is 0 Å². The van der Waals surface area contributed by atoms with Crippen molar-refractivity contribution in [2.24, 2.45) is 5.92 Å². The molecule has 1 aromatic rings. The Hall–Kier alpha value is -1.62. The Kier molecular flexibility index (Phi) is 6.62. The van der Waals surface area contributed by atoms with Gasteiger partial charge in [-0.25, -0.2) is 0 Å². The molecule has 21 heavy (non-hydrogen) atoms. The van der Waals surface area contributed by atoms with Gasteiger partial charge in [0.25, 0.3) is 6.29 Å². The van der Waals surface area contributed by atoms with Gasteiger partial charge in [-0.2, -0.15) is 0 Å². The lowest BCUT2D eigenvalue weighted by atomic mass is 9.99. The summed E-state index contributed by atoms with van der Waals surface area (Å²) >= 11 is 3.38. The van der Waals surface area contributed by atoms with Crippen LogP contribution in [0.3, 0.4) is 0 Å². The van der Waals surface area contributed by atoms with Gasteiger partial charge in [-0.3, -0.25) is 9.59 Å². The fraction of sp³-hybridized carbons (Fsp3) is 0.375. The van der Waals surface area contributed by atoms with Crippen LogP contribution in [0.5, 0.6) is 0 Å². The molecule has 0 spiro atoms. The molecule has 0 aliphatic rings. The summed E-state index contributed by atoms with van der Waals surface area (Å²) in [6.45, 7) is 6.47. The number of rotatable bonds is 5. The average Bonchev–Trinajstić information content (AvgIpc) is 2.35. The van der Waals surface area contributed by atoms with Crippen LogP contribution in [0.1, 0.15) is 33.3 Å². The van der Waals surface area contributed by atoms with E-state index in [4.69, 9.17) is 9.47 Å². The van der Waals surface area contributed by atoms with Gasteiger partial charge in [-0.15, -0.1) is 0 Å². The summed E-state index contributed by atoms with van der Waals surface area (Å²) in [6.07, 6.45) is 0.872. The van der Waals surface area contributed by atoms with E-state index in [1.54, 1.807) is 0 Å². The van der Waals surface area contributed by atoms with Gasteiger partial charge in [0.2, 0.25) is 0 Å². The van der Waals surface area contributed by atoms with Crippen LogP contribution in [-0.2, 0) is 19.1 Å². The van der Waals surface area contributed by atoms with Crippen LogP contribution in [0.2, 0.25) is 0 Å². The molecule has 0 aliphatic heterocycles. The van der Waals surface area contributed by atoms with Crippen molar-refractivity contribution >= 4 is 33.9 Å². The third kappa shape index (κ3) is 6.12. The van der Waals surface area contributed by atoms with E-state index in [0.717, 1.165) is 15.6 Å². The third-order valence-corrected chi connectivity index (χ3v) is 3.22. The van der Waals surface area contributed by atoms with Gasteiger partial charge >= 0.3 is 11.9 Å². The minimum atomic E-state index is -0.997. The molecular formula is C16H19BrO4. The standard InChI is InChI=1S/C16H19BrO4/c1-10(2)15(9-13-5-7-14(17)8-6-13)16(20-11(3)18)21-12(4)19/h5-10,16H,1-4H3. The molecule has 0 N–H and O–H groups in total. The molecule has 4 nitrogen and oxygen atoms in total. The SMILES string of the molecule is CC(=O)OC(OC(C)=O)C(=Cc1ccc(Br)cc1)C(C)C. The maximum absolute atomic E-state index is 11.2. The highest BCUT2D eigenvalue weighted by Crippen LogP contribution is 2.23. The molecule has 0 amide bonds. The van der Waals surface area contributed by atoms with Gasteiger partial charge in [0, 0.05) is 23.9 Å². The first-order chi connectivity index (χ1) is 9.79. The molecule has 0 bridgehead atoms. The zero-order chi connectivity index (χ0) is 16.0. The molecule has 1 aromatic carbocycles. The Morgan fingerprint density at radius 2 is 1.52 bits per heavy atom. The van der Waals surface area contributed by atoms with Crippen molar-refractivity contribution in [1.82, 2.24) is 0 Å². The van der Waals surface area contributed by atoms with Crippen molar-refractivity contribution in [2.45, 2.75) is 34.0 Å². The van der Waals surface area contributed by atoms with Crippen LogP contribution in [0.15, 0.2) is 34.3 Å². The fourth-order valence-electron chi connectivity index (χ4n) is 1.72. The fourth-order valence-corrected chi connectivity index (χ4v) is 1.98. The van der Waals surface area contributed by atoms with E-state index in [2.05, 4.69) is 15.9 Å². The Bertz CT molecular complexity index is 516. The first kappa shape index (κ1) is 17.4. The lowest BCUT2D eigenvalue weighted by Crippen LogP contribution is -2.26. The van der Waals surface area contributed by atoms with Crippen LogP contribution in [0, 0.1) is 5.92 Å². The van der Waals surface area contributed by atoms with Crippen LogP contribution in [0.25, 0.3) is 6.08 Å². The minimum absolute atomic E-state index is 0.0531. The number of hydrogen-bond donors (Lipinski definition) is 0. The number of benzene rings is 1. The molecule has 0 aromatic heterocycles. The number of halogens is 1. The highest BCUT2D eigenvalue weighted by Gasteiger charge is 2.23. The summed E-state index contributed by atoms with van der Waals surface area (Å²) in [7, 11) is 0. The smallest absolute Gasteiger partial charge is 0.305 e. The molecule has 114 valence electrons. The molecular weight excluding hydrogens is 336 g/mol. The van der Waals surface area contributed by atoms with Gasteiger partial charge in [0.1, 0.15) is 0 Å². The lowest BCUT2D eigenvalue weighted by molar-refractivity contribution is -0.178. The van der Waals surface area contributed by atoms with E-state index >= 15 is 0 Å². The second-order valence-electron chi connectivity index (χ2n) is 4.90. The first-order valence-corrected chi connectivity index (χ1v) is 7.40. The van der Waals surface area contributed by atoms with Crippen molar-refractivity contribution in [3.05, 3.63) is 39.9 Å². The van der Waals surface area contributed by atoms with Gasteiger partial charge in [0.05, 0.1) is 0 Å². The van der Waals surface area contributed by atoms with Crippen molar-refractivity contribution in [3.8, 4) is 0 Å². The molecule has 0 heterocycles. The van der Waals surface area contributed by atoms with Crippen LogP contribution < -0.4 is 0 Å². The maximum atomic E-state index is 11.2. The molecule has 1 rings (SSSR count). The Labute approximate surface area is 133 Å². The van der Waals surface area contributed by atoms with Crippen molar-refractivity contribution in [2.75, 3.05) is 0 Å². The summed E-state index contributed by atoms with van der Waals surface area (Å²) in [5.74, 6) is -0.940. The zero-order valence-electron chi connectivity index (χ0n) is 12.6. The maximum Gasteiger partial charge on any atom is 0.305 e. The highest BCUT2D eigenvalue weighted by molar-refractivity contribution is 9.10. The Morgan fingerprint density at radius 3 is 1.90 bits per heavy atom. The van der Waals surface area contributed by atoms with E-state index in [1.807, 2.05) is 44.2 Å². The zero-order valence-corrected chi connectivity index (χ0v) is 14.1. The number of carbonyl (C=O) groups excluding carboxylic acids is 2. The second kappa shape index (κ2) is 7.98. The van der Waals surface area contributed by atoms with Crippen molar-refractivity contribution in [3.63, 3.8) is 0 Å². The summed E-state index contributed by atoms with van der Waals surface area (Å²) in [5.41, 5.74) is 1.66. The molecule has 0 aliphatic carbocycles. The molecule has 0 atom stereocenters. The van der Waals surface area contributed by atoms with Gasteiger partial charge in [-0.05, 0) is 29.7 Å². The van der Waals surface area contributed by atoms with Gasteiger partial charge < -0.3 is 9.47 Å². The third-order valence-electron chi connectivity index (χ3n) is 2.69. The normalized spacial score (nSPS) is 11.7. The molecule has 5 heteroatoms. The number of ether oxygens (including phenoxy) is 2.